The minimum Gasteiger partial charge on any atom is -0.261 e. The highest BCUT2D eigenvalue weighted by Crippen LogP contribution is 2.39. The van der Waals surface area contributed by atoms with Crippen LogP contribution in [0.3, 0.4) is 0 Å². The van der Waals surface area contributed by atoms with Crippen LogP contribution in [0.2, 0.25) is 0 Å². The summed E-state index contributed by atoms with van der Waals surface area (Å²) in [6.45, 7) is 5.72. The molecule has 1 N–H and O–H groups in total. The quantitative estimate of drug-likeness (QED) is 0.325. The molecule has 0 radical (unpaired) electrons. The van der Waals surface area contributed by atoms with Gasteiger partial charge in [-0.2, -0.15) is 18.2 Å². The smallest absolute Gasteiger partial charge is 0.261 e. The predicted molar refractivity (Wildman–Crippen MR) is 121 cm³/mol. The summed E-state index contributed by atoms with van der Waals surface area (Å²) < 4.78 is 68.5. The first-order chi connectivity index (χ1) is 15.0. The second-order valence-electron chi connectivity index (χ2n) is 7.14. The van der Waals surface area contributed by atoms with Gasteiger partial charge in [0.2, 0.25) is 0 Å². The topological polar surface area (TPSA) is 81.1 Å². The first-order valence-corrected chi connectivity index (χ1v) is 13.1. The van der Waals surface area contributed by atoms with E-state index in [2.05, 4.69) is 16.6 Å². The van der Waals surface area contributed by atoms with Gasteiger partial charge < -0.3 is 0 Å². The van der Waals surface area contributed by atoms with E-state index >= 15 is 0 Å². The molecule has 0 spiro atoms. The molecule has 1 aromatic carbocycles. The molecule has 0 amide bonds. The summed E-state index contributed by atoms with van der Waals surface area (Å²) >= 11 is 2.97. The Bertz CT molecular complexity index is 1230. The highest BCUT2D eigenvalue weighted by Gasteiger charge is 2.31. The van der Waals surface area contributed by atoms with Crippen LogP contribution in [-0.4, -0.2) is 23.7 Å². The third-order valence-electron chi connectivity index (χ3n) is 4.83. The number of alkyl halides is 3. The Morgan fingerprint density at radius 3 is 2.41 bits per heavy atom. The number of aryl methyl sites for hydroxylation is 1. The molecule has 0 aliphatic carbocycles. The number of hydrogen-bond donors (Lipinski definition) is 1. The molecule has 0 unspecified atom stereocenters. The molecule has 174 valence electrons. The van der Waals surface area contributed by atoms with E-state index in [0.717, 1.165) is 46.2 Å². The molecule has 12 heteroatoms. The fourth-order valence-electron chi connectivity index (χ4n) is 3.01. The molecule has 32 heavy (non-hydrogen) atoms. The summed E-state index contributed by atoms with van der Waals surface area (Å²) in [6, 6.07) is 3.15. The normalized spacial score (nSPS) is 12.4. The minimum absolute atomic E-state index is 0.132. The Balaban J connectivity index is 2.00. The van der Waals surface area contributed by atoms with Crippen LogP contribution in [0.25, 0.3) is 5.69 Å². The van der Waals surface area contributed by atoms with Gasteiger partial charge in [-0.1, -0.05) is 19.8 Å². The monoisotopic (exact) mass is 505 g/mol. The van der Waals surface area contributed by atoms with E-state index in [9.17, 15) is 26.4 Å². The second kappa shape index (κ2) is 9.44. The molecule has 2 heterocycles. The van der Waals surface area contributed by atoms with Crippen LogP contribution in [0.1, 0.15) is 42.3 Å². The highest BCUT2D eigenvalue weighted by atomic mass is 32.2. The summed E-state index contributed by atoms with van der Waals surface area (Å²) in [5.41, 5.74) is -0.557. The van der Waals surface area contributed by atoms with Gasteiger partial charge in [-0.3, -0.25) is 9.29 Å². The van der Waals surface area contributed by atoms with Crippen LogP contribution in [0.5, 0.6) is 0 Å². The first-order valence-electron chi connectivity index (χ1n) is 9.81. The number of anilines is 1. The maximum Gasteiger partial charge on any atom is 0.416 e. The molecule has 0 aromatic heterocycles. The van der Waals surface area contributed by atoms with Crippen molar-refractivity contribution in [3.05, 3.63) is 50.9 Å². The number of rotatable bonds is 8. The predicted octanol–water partition coefficient (Wildman–Crippen LogP) is 5.45. The average Bonchev–Trinajstić information content (AvgIpc) is 3.03. The number of hydrogen-bond acceptors (Lipinski definition) is 6. The van der Waals surface area contributed by atoms with Gasteiger partial charge in [-0.15, -0.1) is 23.1 Å². The number of benzene rings is 1. The highest BCUT2D eigenvalue weighted by molar-refractivity contribution is 8.01. The summed E-state index contributed by atoms with van der Waals surface area (Å²) in [5, 5.41) is 0. The van der Waals surface area contributed by atoms with E-state index in [-0.39, 0.29) is 10.7 Å². The molecule has 2 aliphatic rings. The largest absolute Gasteiger partial charge is 0.416 e. The Labute approximate surface area is 192 Å². The van der Waals surface area contributed by atoms with Crippen molar-refractivity contribution >= 4 is 38.9 Å². The van der Waals surface area contributed by atoms with Gasteiger partial charge in [0.1, 0.15) is 5.69 Å². The number of sulfonamides is 1. The van der Waals surface area contributed by atoms with E-state index in [1.807, 2.05) is 6.92 Å². The maximum atomic E-state index is 12.8. The molecule has 3 rings (SSSR count). The number of unbranched alkanes of at least 4 members (excludes halogenated alkanes) is 2. The third-order valence-corrected chi connectivity index (χ3v) is 8.72. The number of halogens is 3. The zero-order chi connectivity index (χ0) is 23.7. The third kappa shape index (κ3) is 5.12. The molecule has 0 saturated heterocycles. The van der Waals surface area contributed by atoms with E-state index < -0.39 is 27.5 Å². The standard InChI is InChI=1S/C20H22F3N3O3S3/c1-4-5-6-11-30-18-16-17(24-19(27)26(16)12(2)13(3)31-18)25-32(28,29)15-9-7-14(8-10-15)20(21,22)23/h7-10H,4-6,11H2,1-3H3,(H,24,25,27). The van der Waals surface area contributed by atoms with Gasteiger partial charge in [0.15, 0.2) is 5.82 Å². The van der Waals surface area contributed by atoms with E-state index in [1.54, 1.807) is 6.92 Å². The number of imidazole rings is 1. The SMILES string of the molecule is CCCCCSc1sc(C)c(C)n2c(=O)nc(NS(=O)(=O)c3ccc(C(F)(F)F)cc3)c1-2. The lowest BCUT2D eigenvalue weighted by Crippen LogP contribution is -2.17. The van der Waals surface area contributed by atoms with Gasteiger partial charge >= 0.3 is 11.9 Å². The van der Waals surface area contributed by atoms with E-state index in [1.165, 1.54) is 27.7 Å². The van der Waals surface area contributed by atoms with Crippen LogP contribution in [0.4, 0.5) is 19.0 Å². The van der Waals surface area contributed by atoms with Crippen LogP contribution in [-0.2, 0) is 16.2 Å². The lowest BCUT2D eigenvalue weighted by Gasteiger charge is -2.16. The first kappa shape index (κ1) is 24.6. The zero-order valence-electron chi connectivity index (χ0n) is 17.6. The van der Waals surface area contributed by atoms with Gasteiger partial charge in [0.25, 0.3) is 10.0 Å². The van der Waals surface area contributed by atoms with E-state index in [0.29, 0.717) is 23.5 Å². The second-order valence-corrected chi connectivity index (χ2v) is 11.4. The van der Waals surface area contributed by atoms with Crippen molar-refractivity contribution < 1.29 is 21.6 Å². The Morgan fingerprint density at radius 2 is 1.81 bits per heavy atom. The van der Waals surface area contributed by atoms with Crippen molar-refractivity contribution in [2.75, 3.05) is 10.5 Å². The lowest BCUT2D eigenvalue weighted by molar-refractivity contribution is -0.137. The van der Waals surface area contributed by atoms with Gasteiger partial charge in [-0.25, -0.2) is 13.2 Å². The van der Waals surface area contributed by atoms with Crippen LogP contribution >= 0.6 is 23.1 Å². The minimum atomic E-state index is -4.58. The molecule has 6 nitrogen and oxygen atoms in total. The van der Waals surface area contributed by atoms with Gasteiger partial charge in [0.05, 0.1) is 14.7 Å². The Kier molecular flexibility index (Phi) is 7.25. The molecular weight excluding hydrogens is 483 g/mol. The van der Waals surface area contributed by atoms with Crippen molar-refractivity contribution in [3.63, 3.8) is 0 Å². The van der Waals surface area contributed by atoms with Crippen molar-refractivity contribution in [2.24, 2.45) is 0 Å². The molecular formula is C20H22F3N3O3S3. The number of nitrogens with one attached hydrogen (secondary N) is 1. The molecule has 0 bridgehead atoms. The summed E-state index contributed by atoms with van der Waals surface area (Å²) in [5.74, 6) is 0.666. The Morgan fingerprint density at radius 1 is 1.16 bits per heavy atom. The molecule has 0 saturated carbocycles. The van der Waals surface area contributed by atoms with Crippen molar-refractivity contribution in [1.29, 1.82) is 0 Å². The molecule has 0 atom stereocenters. The van der Waals surface area contributed by atoms with Crippen molar-refractivity contribution in [1.82, 2.24) is 9.55 Å². The van der Waals surface area contributed by atoms with Crippen LogP contribution < -0.4 is 10.4 Å². The van der Waals surface area contributed by atoms with Crippen LogP contribution in [0.15, 0.2) is 38.2 Å². The van der Waals surface area contributed by atoms with Gasteiger partial charge in [0, 0.05) is 10.6 Å². The fourth-order valence-corrected chi connectivity index (χ4v) is 6.54. The summed E-state index contributed by atoms with van der Waals surface area (Å²) in [4.78, 5) is 17.0. The van der Waals surface area contributed by atoms with E-state index in [4.69, 9.17) is 0 Å². The summed E-state index contributed by atoms with van der Waals surface area (Å²) in [6.07, 6.45) is -1.49. The number of fused-ring (bicyclic) bond motifs is 1. The fraction of sp³-hybridized carbons (Fsp3) is 0.400. The molecule has 0 fully saturated rings. The maximum absolute atomic E-state index is 12.8. The summed E-state index contributed by atoms with van der Waals surface area (Å²) in [7, 11) is -4.26. The number of nitrogens with zero attached hydrogens (tertiary/aromatic N) is 2. The number of thioether (sulfide) groups is 1. The molecule has 1 aromatic rings. The number of aromatic nitrogens is 2. The average molecular weight is 506 g/mol. The van der Waals surface area contributed by atoms with Crippen molar-refractivity contribution in [2.45, 2.75) is 55.3 Å². The van der Waals surface area contributed by atoms with Crippen LogP contribution in [0, 0.1) is 13.8 Å². The Hall–Kier alpha value is -2.05. The zero-order valence-corrected chi connectivity index (χ0v) is 20.1. The lowest BCUT2D eigenvalue weighted by atomic mass is 10.2. The van der Waals surface area contributed by atoms with Gasteiger partial charge in [-0.05, 0) is 50.3 Å². The van der Waals surface area contributed by atoms with Crippen molar-refractivity contribution in [3.8, 4) is 5.69 Å². The molecule has 2 aliphatic heterocycles.